The summed E-state index contributed by atoms with van der Waals surface area (Å²) in [4.78, 5) is 23.6. The van der Waals surface area contributed by atoms with Crippen molar-refractivity contribution in [2.24, 2.45) is 0 Å². The molecule has 1 aromatic heterocycles. The van der Waals surface area contributed by atoms with Gasteiger partial charge in [-0.05, 0) is 6.07 Å². The molecular weight excluding hydrogens is 307 g/mol. The molecule has 0 atom stereocenters. The van der Waals surface area contributed by atoms with Gasteiger partial charge in [0.1, 0.15) is 6.09 Å². The normalized spacial score (nSPS) is 11.8. The number of benzene rings is 1. The molecular formula is C9H2ClF3N3O4-. The third kappa shape index (κ3) is 2.13. The molecule has 0 unspecified atom stereocenters. The van der Waals surface area contributed by atoms with Crippen LogP contribution in [0.25, 0.3) is 11.0 Å². The van der Waals surface area contributed by atoms with Crippen molar-refractivity contribution >= 4 is 34.4 Å². The van der Waals surface area contributed by atoms with E-state index in [2.05, 4.69) is 4.98 Å². The number of non-ortho nitro benzene ring substituents is 1. The summed E-state index contributed by atoms with van der Waals surface area (Å²) < 4.78 is 37.8. The number of carboxylic acid groups (broad SMARTS) is 1. The smallest absolute Gasteiger partial charge is 0.450 e. The van der Waals surface area contributed by atoms with Gasteiger partial charge in [-0.25, -0.2) is 4.98 Å². The molecule has 20 heavy (non-hydrogen) atoms. The van der Waals surface area contributed by atoms with Crippen LogP contribution in [0.2, 0.25) is 5.02 Å². The van der Waals surface area contributed by atoms with Crippen LogP contribution in [0.5, 0.6) is 0 Å². The van der Waals surface area contributed by atoms with Gasteiger partial charge in [0.2, 0.25) is 5.82 Å². The second-order valence-electron chi connectivity index (χ2n) is 3.58. The zero-order valence-electron chi connectivity index (χ0n) is 9.14. The van der Waals surface area contributed by atoms with Crippen LogP contribution in [0.15, 0.2) is 12.1 Å². The van der Waals surface area contributed by atoms with Gasteiger partial charge in [0, 0.05) is 11.1 Å². The first-order valence-electron chi connectivity index (χ1n) is 4.78. The lowest BCUT2D eigenvalue weighted by molar-refractivity contribution is -0.383. The van der Waals surface area contributed by atoms with Crippen LogP contribution < -0.4 is 5.11 Å². The molecule has 11 heteroatoms. The number of halogens is 4. The van der Waals surface area contributed by atoms with Crippen LogP contribution in [0, 0.1) is 10.1 Å². The summed E-state index contributed by atoms with van der Waals surface area (Å²) >= 11 is 5.53. The van der Waals surface area contributed by atoms with Crippen molar-refractivity contribution in [3.8, 4) is 0 Å². The minimum atomic E-state index is -5.13. The van der Waals surface area contributed by atoms with E-state index < -0.39 is 39.7 Å². The minimum Gasteiger partial charge on any atom is -0.529 e. The van der Waals surface area contributed by atoms with Crippen molar-refractivity contribution < 1.29 is 28.0 Å². The predicted octanol–water partition coefficient (Wildman–Crippen LogP) is 1.81. The number of imidazole rings is 1. The summed E-state index contributed by atoms with van der Waals surface area (Å²) in [5, 5.41) is 21.3. The highest BCUT2D eigenvalue weighted by molar-refractivity contribution is 6.31. The summed E-state index contributed by atoms with van der Waals surface area (Å²) in [6, 6.07) is 1.60. The quantitative estimate of drug-likeness (QED) is 0.590. The van der Waals surface area contributed by atoms with E-state index in [0.717, 1.165) is 12.1 Å². The molecule has 0 bridgehead atoms. The van der Waals surface area contributed by atoms with E-state index in [1.807, 2.05) is 0 Å². The Hall–Kier alpha value is -2.36. The van der Waals surface area contributed by atoms with Crippen LogP contribution in [-0.4, -0.2) is 20.6 Å². The largest absolute Gasteiger partial charge is 0.529 e. The molecule has 0 radical (unpaired) electrons. The van der Waals surface area contributed by atoms with E-state index in [1.165, 1.54) is 0 Å². The first-order chi connectivity index (χ1) is 9.12. The number of aromatic nitrogens is 2. The number of fused-ring (bicyclic) bond motifs is 1. The van der Waals surface area contributed by atoms with Gasteiger partial charge >= 0.3 is 6.18 Å². The van der Waals surface area contributed by atoms with Gasteiger partial charge in [-0.15, -0.1) is 0 Å². The standard InChI is InChI=1S/C9H3ClF3N3O4/c10-3-1-4-6(5(2-3)16(19)20)14-7(9(11,12)13)15(4)8(17)18/h1-2H,(H,17,18)/p-1. The third-order valence-corrected chi connectivity index (χ3v) is 2.56. The van der Waals surface area contributed by atoms with Crippen LogP contribution in [-0.2, 0) is 6.18 Å². The molecule has 0 saturated carbocycles. The third-order valence-electron chi connectivity index (χ3n) is 2.34. The van der Waals surface area contributed by atoms with Crippen molar-refractivity contribution in [3.05, 3.63) is 33.1 Å². The summed E-state index contributed by atoms with van der Waals surface area (Å²) in [5.41, 5.74) is -2.24. The van der Waals surface area contributed by atoms with E-state index in [-0.39, 0.29) is 9.59 Å². The van der Waals surface area contributed by atoms with Gasteiger partial charge in [-0.3, -0.25) is 14.7 Å². The molecule has 0 fully saturated rings. The number of carbonyl (C=O) groups is 1. The van der Waals surface area contributed by atoms with Gasteiger partial charge in [0.15, 0.2) is 5.52 Å². The predicted molar refractivity (Wildman–Crippen MR) is 57.2 cm³/mol. The Morgan fingerprint density at radius 2 is 2.00 bits per heavy atom. The molecule has 0 spiro atoms. The molecule has 0 aliphatic carbocycles. The van der Waals surface area contributed by atoms with Crippen molar-refractivity contribution in [2.75, 3.05) is 0 Å². The van der Waals surface area contributed by atoms with Crippen LogP contribution in [0.1, 0.15) is 5.82 Å². The lowest BCUT2D eigenvalue weighted by Gasteiger charge is -2.11. The first kappa shape index (κ1) is 14.1. The number of rotatable bonds is 1. The van der Waals surface area contributed by atoms with E-state index in [9.17, 15) is 33.2 Å². The Morgan fingerprint density at radius 1 is 1.40 bits per heavy atom. The maximum absolute atomic E-state index is 12.7. The summed E-state index contributed by atoms with van der Waals surface area (Å²) in [6.45, 7) is 0. The average molecular weight is 309 g/mol. The average Bonchev–Trinajstić information content (AvgIpc) is 2.66. The Morgan fingerprint density at radius 3 is 2.45 bits per heavy atom. The Balaban J connectivity index is 2.98. The molecule has 7 nitrogen and oxygen atoms in total. The molecule has 0 N–H and O–H groups in total. The fourth-order valence-corrected chi connectivity index (χ4v) is 1.85. The Labute approximate surface area is 112 Å². The molecule has 2 aromatic rings. The Bertz CT molecular complexity index is 740. The van der Waals surface area contributed by atoms with Crippen LogP contribution >= 0.6 is 11.6 Å². The molecule has 0 amide bonds. The second kappa shape index (κ2) is 4.34. The topological polar surface area (TPSA) is 101 Å². The number of hydrogen-bond donors (Lipinski definition) is 0. The fourth-order valence-electron chi connectivity index (χ4n) is 1.64. The molecule has 0 saturated heterocycles. The SMILES string of the molecule is O=C([O-])n1c(C(F)(F)F)nc2c([N+](=O)[O-])cc(Cl)cc21. The second-order valence-corrected chi connectivity index (χ2v) is 4.02. The van der Waals surface area contributed by atoms with E-state index >= 15 is 0 Å². The van der Waals surface area contributed by atoms with Gasteiger partial charge in [0.25, 0.3) is 5.69 Å². The number of hydrogen-bond acceptors (Lipinski definition) is 5. The van der Waals surface area contributed by atoms with E-state index in [4.69, 9.17) is 11.6 Å². The fraction of sp³-hybridized carbons (Fsp3) is 0.111. The maximum Gasteiger partial charge on any atom is 0.450 e. The van der Waals surface area contributed by atoms with Gasteiger partial charge in [-0.2, -0.15) is 13.2 Å². The number of carbonyl (C=O) groups excluding carboxylic acids is 1. The highest BCUT2D eigenvalue weighted by Gasteiger charge is 2.39. The summed E-state index contributed by atoms with van der Waals surface area (Å²) in [5.74, 6) is -1.84. The zero-order valence-corrected chi connectivity index (χ0v) is 9.90. The van der Waals surface area contributed by atoms with Gasteiger partial charge in [0.05, 0.1) is 10.4 Å². The number of nitro benzene ring substituents is 1. The highest BCUT2D eigenvalue weighted by atomic mass is 35.5. The molecule has 1 aromatic carbocycles. The highest BCUT2D eigenvalue weighted by Crippen LogP contribution is 2.35. The summed E-state index contributed by atoms with van der Waals surface area (Å²) in [6.07, 6.45) is -7.35. The van der Waals surface area contributed by atoms with Crippen molar-refractivity contribution in [1.29, 1.82) is 0 Å². The van der Waals surface area contributed by atoms with Crippen molar-refractivity contribution in [3.63, 3.8) is 0 Å². The molecule has 106 valence electrons. The lowest BCUT2D eigenvalue weighted by Crippen LogP contribution is -2.32. The molecule has 2 rings (SSSR count). The first-order valence-corrected chi connectivity index (χ1v) is 5.15. The molecule has 1 heterocycles. The number of nitrogens with zero attached hydrogens (tertiary/aromatic N) is 3. The van der Waals surface area contributed by atoms with Crippen LogP contribution in [0.4, 0.5) is 23.7 Å². The molecule has 0 aliphatic heterocycles. The zero-order chi connectivity index (χ0) is 15.2. The maximum atomic E-state index is 12.7. The van der Waals surface area contributed by atoms with Gasteiger partial charge in [-0.1, -0.05) is 11.6 Å². The molecule has 0 aliphatic rings. The minimum absolute atomic E-state index is 0.297. The van der Waals surface area contributed by atoms with E-state index in [0.29, 0.717) is 0 Å². The summed E-state index contributed by atoms with van der Waals surface area (Å²) in [7, 11) is 0. The Kier molecular flexibility index (Phi) is 3.05. The van der Waals surface area contributed by atoms with Crippen molar-refractivity contribution in [1.82, 2.24) is 9.55 Å². The number of alkyl halides is 3. The van der Waals surface area contributed by atoms with Gasteiger partial charge < -0.3 is 9.90 Å². The lowest BCUT2D eigenvalue weighted by atomic mass is 10.2. The number of nitro groups is 1. The van der Waals surface area contributed by atoms with Crippen molar-refractivity contribution in [2.45, 2.75) is 6.18 Å². The van der Waals surface area contributed by atoms with Crippen LogP contribution in [0.3, 0.4) is 0 Å². The van der Waals surface area contributed by atoms with E-state index in [1.54, 1.807) is 0 Å². The monoisotopic (exact) mass is 308 g/mol.